The predicted octanol–water partition coefficient (Wildman–Crippen LogP) is -1.00. The van der Waals surface area contributed by atoms with Crippen LogP contribution in [0.1, 0.15) is 19.3 Å². The molecule has 0 spiro atoms. The van der Waals surface area contributed by atoms with Gasteiger partial charge in [-0.05, 0) is 31.9 Å². The lowest BCUT2D eigenvalue weighted by molar-refractivity contribution is -0.0248. The summed E-state index contributed by atoms with van der Waals surface area (Å²) in [4.78, 5) is 197. The standard InChI is InChI=1S/C5H30N3O45P15/c9-54(10,11)6(60(24,48-63(27,28)29)49-64(30,31)32)57(18,19)45-4-2-1-3-5(46-58(20,21)7(55(12,13)14)61(25,50-65(33,34)35)51-66(36,37)38)47-59(22,23)8(56(15,16)17)62(26,52-67(39,40)41)53-68(42,43)44/h5H,1-4H2,(H,18,19)(H,20,21)(H,22,23)(H2,9,10,11)(H2,12,13,14)(H2,15,16,17)(H2,27,28,29)(H2,30,31,32)(H2,33,34,35)(H2,36,37,38)(H2,39,40,41)(H2,42,43,44). The fraction of sp³-hybridized carbons (Fsp3) is 1.00. The fourth-order valence-electron chi connectivity index (χ4n) is 3.50. The molecule has 0 heterocycles. The molecule has 0 fully saturated rings. The fourth-order valence-corrected chi connectivity index (χ4v) is 28.9. The van der Waals surface area contributed by atoms with Crippen LogP contribution in [0.15, 0.2) is 0 Å². The zero-order valence-corrected chi connectivity index (χ0v) is 44.1. The van der Waals surface area contributed by atoms with Gasteiger partial charge in [0, 0.05) is 0 Å². The average Bonchev–Trinajstić information content (AvgIpc) is 2.85. The summed E-state index contributed by atoms with van der Waals surface area (Å²) < 4.78 is 209. The molecule has 0 aliphatic carbocycles. The first-order valence-electron chi connectivity index (χ1n) is 14.1. The maximum Gasteiger partial charge on any atom is 0.477 e. The van der Waals surface area contributed by atoms with Crippen molar-refractivity contribution < 1.29 is 211 Å². The van der Waals surface area contributed by atoms with E-state index in [-0.39, 0.29) is 0 Å². The van der Waals surface area contributed by atoms with Crippen molar-refractivity contribution in [2.45, 2.75) is 25.6 Å². The van der Waals surface area contributed by atoms with E-state index in [0.717, 1.165) is 0 Å². The summed E-state index contributed by atoms with van der Waals surface area (Å²) in [5.74, 6) is 0. The van der Waals surface area contributed by atoms with Crippen LogP contribution < -0.4 is 0 Å². The van der Waals surface area contributed by atoms with Gasteiger partial charge in [-0.2, -0.15) is 25.9 Å². The van der Waals surface area contributed by atoms with Gasteiger partial charge in [0.05, 0.1) is 6.61 Å². The van der Waals surface area contributed by atoms with Crippen LogP contribution in [0.4, 0.5) is 0 Å². The number of rotatable bonds is 31. The predicted molar refractivity (Wildman–Crippen MR) is 198 cm³/mol. The lowest BCUT2D eigenvalue weighted by atomic mass is 10.2. The Kier molecular flexibility index (Phi) is 24.1. The van der Waals surface area contributed by atoms with Gasteiger partial charge in [-0.25, -0.2) is 68.5 Å². The maximum absolute atomic E-state index is 13.4. The third-order valence-electron chi connectivity index (χ3n) is 4.90. The summed E-state index contributed by atoms with van der Waals surface area (Å²) in [6, 6.07) is 0. The van der Waals surface area contributed by atoms with Gasteiger partial charge in [-0.15, -0.1) is 0 Å². The van der Waals surface area contributed by atoms with Crippen LogP contribution in [-0.4, -0.2) is 128 Å². The molecule has 0 amide bonds. The van der Waals surface area contributed by atoms with Crippen molar-refractivity contribution in [3.8, 4) is 0 Å². The molecular formula is C5H30N3O45P15. The molecule has 63 heteroatoms. The van der Waals surface area contributed by atoms with Crippen molar-refractivity contribution in [3.05, 3.63) is 0 Å². The van der Waals surface area contributed by atoms with Crippen LogP contribution in [0.5, 0.6) is 0 Å². The average molecular weight is 1320 g/mol. The molecule has 3 unspecified atom stereocenters. The molecule has 0 saturated heterocycles. The Morgan fingerprint density at radius 2 is 0.515 bits per heavy atom. The number of unbranched alkanes of at least 4 members (excludes halogenated alkanes) is 1. The minimum Gasteiger partial charge on any atom is -0.312 e. The summed E-state index contributed by atoms with van der Waals surface area (Å²) in [6.07, 6.45) is -8.88. The largest absolute Gasteiger partial charge is 0.477 e. The van der Waals surface area contributed by atoms with E-state index in [2.05, 4.69) is 39.4 Å². The Balaban J connectivity index is 7.86. The second-order valence-corrected chi connectivity index (χ2v) is 36.4. The summed E-state index contributed by atoms with van der Waals surface area (Å²) in [5, 5.41) is 0. The van der Waals surface area contributed by atoms with Crippen molar-refractivity contribution >= 4 is 117 Å². The second kappa shape index (κ2) is 23.4. The highest BCUT2D eigenvalue weighted by atomic mass is 31.4. The van der Waals surface area contributed by atoms with Crippen molar-refractivity contribution in [3.63, 3.8) is 0 Å². The van der Waals surface area contributed by atoms with Gasteiger partial charge in [0.2, 0.25) is 0 Å². The third-order valence-corrected chi connectivity index (χ3v) is 32.8. The van der Waals surface area contributed by atoms with Crippen molar-refractivity contribution in [2.75, 3.05) is 6.61 Å². The number of hydrogen-bond acceptors (Lipinski definition) is 24. The molecule has 0 radical (unpaired) electrons. The first-order valence-corrected chi connectivity index (χ1v) is 37.1. The van der Waals surface area contributed by atoms with Crippen molar-refractivity contribution in [1.82, 2.24) is 12.6 Å². The van der Waals surface area contributed by atoms with E-state index in [0.29, 0.717) is 0 Å². The van der Waals surface area contributed by atoms with Crippen LogP contribution in [-0.2, 0) is 108 Å². The lowest BCUT2D eigenvalue weighted by Crippen LogP contribution is -2.26. The van der Waals surface area contributed by atoms with E-state index in [9.17, 15) is 113 Å². The van der Waals surface area contributed by atoms with Crippen LogP contribution in [0.3, 0.4) is 0 Å². The molecule has 0 saturated carbocycles. The molecule has 21 N–H and O–H groups in total. The van der Waals surface area contributed by atoms with E-state index in [4.69, 9.17) is 58.7 Å². The quantitative estimate of drug-likeness (QED) is 0.0225. The third kappa shape index (κ3) is 24.9. The Hall–Kier alpha value is 2.13. The molecule has 68 heavy (non-hydrogen) atoms. The molecule has 0 aromatic rings. The van der Waals surface area contributed by atoms with Gasteiger partial charge >= 0.3 is 117 Å². The van der Waals surface area contributed by atoms with Gasteiger partial charge in [-0.3, -0.25) is 13.6 Å². The number of phosphoric acid groups is 6. The van der Waals surface area contributed by atoms with E-state index in [1.807, 2.05) is 0 Å². The smallest absolute Gasteiger partial charge is 0.312 e. The Morgan fingerprint density at radius 3 is 0.706 bits per heavy atom. The van der Waals surface area contributed by atoms with Gasteiger partial charge < -0.3 is 103 Å². The van der Waals surface area contributed by atoms with Crippen LogP contribution in [0.25, 0.3) is 0 Å². The van der Waals surface area contributed by atoms with E-state index in [1.54, 1.807) is 0 Å². The van der Waals surface area contributed by atoms with Gasteiger partial charge in [0.25, 0.3) is 0 Å². The molecular weight excluding hydrogens is 1290 g/mol. The summed E-state index contributed by atoms with van der Waals surface area (Å²) in [5.41, 5.74) is 0. The van der Waals surface area contributed by atoms with Crippen molar-refractivity contribution in [1.29, 1.82) is 0 Å². The molecule has 0 aromatic carbocycles. The first-order chi connectivity index (χ1) is 29.1. The van der Waals surface area contributed by atoms with Crippen LogP contribution >= 0.6 is 117 Å². The summed E-state index contributed by atoms with van der Waals surface area (Å²) >= 11 is 0. The minimum absolute atomic E-state index is 1.43. The van der Waals surface area contributed by atoms with Gasteiger partial charge in [0.1, 0.15) is 0 Å². The maximum atomic E-state index is 13.4. The lowest BCUT2D eigenvalue weighted by Gasteiger charge is -2.35. The number of hydrogen-bond donors (Lipinski definition) is 21. The SMILES string of the molecule is O=P(O)(O)OP(=O)(OP(=O)(O)O)N(P(=O)(O)O)P(=O)(O)OCCCCC(OP(=O)(O)N(P(=O)(O)O)P(=O)(OP(=O)(O)O)OP(=O)(O)O)OP(=O)(O)N(P(=O)(O)O)P(=O)(OP(=O)(O)O)OP(=O)(O)O. The van der Waals surface area contributed by atoms with Crippen LogP contribution in [0.2, 0.25) is 0 Å². The Morgan fingerprint density at radius 1 is 0.309 bits per heavy atom. The summed E-state index contributed by atoms with van der Waals surface area (Å²) in [7, 11) is -107. The van der Waals surface area contributed by atoms with Gasteiger partial charge in [0.15, 0.2) is 6.29 Å². The zero-order valence-electron chi connectivity index (χ0n) is 30.6. The van der Waals surface area contributed by atoms with Crippen LogP contribution in [0, 0.1) is 0 Å². The molecule has 0 aromatic heterocycles. The molecule has 410 valence electrons. The second-order valence-electron chi connectivity index (χ2n) is 10.6. The molecule has 0 bridgehead atoms. The number of nitrogens with zero attached hydrogens (tertiary/aromatic N) is 3. The van der Waals surface area contributed by atoms with E-state index >= 15 is 0 Å². The minimum atomic E-state index is -7.68. The topological polar surface area (TPSA) is 774 Å². The monoisotopic (exact) mass is 1320 g/mol. The highest BCUT2D eigenvalue weighted by molar-refractivity contribution is 7.85. The van der Waals surface area contributed by atoms with E-state index in [1.165, 1.54) is 0 Å². The van der Waals surface area contributed by atoms with Crippen molar-refractivity contribution in [2.24, 2.45) is 0 Å². The Labute approximate surface area is 371 Å². The summed E-state index contributed by atoms with van der Waals surface area (Å²) in [6.45, 7) is -1.84. The molecule has 0 aliphatic rings. The highest BCUT2D eigenvalue weighted by Gasteiger charge is 2.65. The van der Waals surface area contributed by atoms with E-state index < -0.39 is 161 Å². The molecule has 3 atom stereocenters. The Bertz CT molecular complexity index is 2360. The highest BCUT2D eigenvalue weighted by Crippen LogP contribution is 2.86. The molecule has 0 aliphatic heterocycles. The van der Waals surface area contributed by atoms with Gasteiger partial charge in [-0.1, -0.05) is 0 Å². The first kappa shape index (κ1) is 70.1. The zero-order chi connectivity index (χ0) is 55.0. The normalized spacial score (nSPS) is 18.4. The molecule has 0 rings (SSSR count). The molecule has 48 nitrogen and oxygen atoms in total.